The van der Waals surface area contributed by atoms with Crippen LogP contribution in [-0.2, 0) is 10.0 Å². The van der Waals surface area contributed by atoms with E-state index >= 15 is 0 Å². The van der Waals surface area contributed by atoms with E-state index in [-0.39, 0.29) is 22.2 Å². The highest BCUT2D eigenvalue weighted by Gasteiger charge is 2.31. The van der Waals surface area contributed by atoms with Gasteiger partial charge in [-0.1, -0.05) is 23.2 Å². The Hall–Kier alpha value is -0.570. The summed E-state index contributed by atoms with van der Waals surface area (Å²) in [6.45, 7) is 2.39. The second-order valence-corrected chi connectivity index (χ2v) is 7.49. The Kier molecular flexibility index (Phi) is 5.34. The fourth-order valence-electron chi connectivity index (χ4n) is 2.32. The lowest BCUT2D eigenvalue weighted by molar-refractivity contribution is 0.151. The van der Waals surface area contributed by atoms with Crippen molar-refractivity contribution < 1.29 is 13.5 Å². The lowest BCUT2D eigenvalue weighted by Crippen LogP contribution is -2.49. The van der Waals surface area contributed by atoms with E-state index in [9.17, 15) is 8.42 Å². The van der Waals surface area contributed by atoms with Crippen LogP contribution in [0.15, 0.2) is 17.0 Å². The van der Waals surface area contributed by atoms with Crippen molar-refractivity contribution >= 4 is 38.9 Å². The smallest absolute Gasteiger partial charge is 0.246 e. The summed E-state index contributed by atoms with van der Waals surface area (Å²) in [6.07, 6.45) is 0. The van der Waals surface area contributed by atoms with Gasteiger partial charge < -0.3 is 10.8 Å². The second kappa shape index (κ2) is 6.68. The van der Waals surface area contributed by atoms with Crippen molar-refractivity contribution in [2.45, 2.75) is 4.90 Å². The van der Waals surface area contributed by atoms with Crippen molar-refractivity contribution in [3.63, 3.8) is 0 Å². The summed E-state index contributed by atoms with van der Waals surface area (Å²) in [7, 11) is -3.75. The number of halogens is 2. The molecule has 2 rings (SSSR count). The third-order valence-electron chi connectivity index (χ3n) is 3.38. The predicted octanol–water partition coefficient (Wildman–Crippen LogP) is 0.874. The predicted molar refractivity (Wildman–Crippen MR) is 83.2 cm³/mol. The van der Waals surface area contributed by atoms with Gasteiger partial charge in [0.25, 0.3) is 0 Å². The molecule has 0 spiro atoms. The first-order valence-corrected chi connectivity index (χ1v) is 8.63. The van der Waals surface area contributed by atoms with E-state index in [0.717, 1.165) is 0 Å². The normalized spacial score (nSPS) is 18.0. The van der Waals surface area contributed by atoms with Gasteiger partial charge in [0, 0.05) is 37.7 Å². The molecule has 0 unspecified atom stereocenters. The summed E-state index contributed by atoms with van der Waals surface area (Å²) in [5, 5.41) is 9.22. The van der Waals surface area contributed by atoms with Crippen molar-refractivity contribution in [3.8, 4) is 0 Å². The highest BCUT2D eigenvalue weighted by atomic mass is 35.5. The minimum Gasteiger partial charge on any atom is -0.398 e. The number of aliphatic hydroxyl groups is 1. The lowest BCUT2D eigenvalue weighted by Gasteiger charge is -2.33. The van der Waals surface area contributed by atoms with E-state index in [1.807, 2.05) is 4.90 Å². The Bertz CT molecular complexity index is 593. The zero-order valence-electron chi connectivity index (χ0n) is 11.3. The standard InChI is InChI=1S/C12H17Cl2N3O3S/c13-9-7-10(14)12(11(15)8-9)21(19,20)17-3-1-16(2-4-17)5-6-18/h7-8,18H,1-6,15H2. The molecule has 3 N–H and O–H groups in total. The van der Waals surface area contributed by atoms with E-state index in [4.69, 9.17) is 34.0 Å². The molecule has 1 aromatic carbocycles. The third-order valence-corrected chi connectivity index (χ3v) is 6.03. The molecule has 6 nitrogen and oxygen atoms in total. The molecule has 1 saturated heterocycles. The molecular formula is C12H17Cl2N3O3S. The molecule has 21 heavy (non-hydrogen) atoms. The molecule has 0 radical (unpaired) electrons. The minimum absolute atomic E-state index is 0.0257. The van der Waals surface area contributed by atoms with Gasteiger partial charge in [-0.25, -0.2) is 8.42 Å². The Morgan fingerprint density at radius 2 is 1.81 bits per heavy atom. The molecule has 1 fully saturated rings. The summed E-state index contributed by atoms with van der Waals surface area (Å²) < 4.78 is 26.7. The van der Waals surface area contributed by atoms with Crippen molar-refractivity contribution in [2.24, 2.45) is 0 Å². The highest BCUT2D eigenvalue weighted by molar-refractivity contribution is 7.89. The van der Waals surface area contributed by atoms with Crippen LogP contribution >= 0.6 is 23.2 Å². The highest BCUT2D eigenvalue weighted by Crippen LogP contribution is 2.33. The topological polar surface area (TPSA) is 86.9 Å². The maximum absolute atomic E-state index is 12.7. The fraction of sp³-hybridized carbons (Fsp3) is 0.500. The molecule has 1 heterocycles. The van der Waals surface area contributed by atoms with Crippen molar-refractivity contribution in [1.29, 1.82) is 0 Å². The maximum Gasteiger partial charge on any atom is 0.246 e. The van der Waals surface area contributed by atoms with Crippen molar-refractivity contribution in [2.75, 3.05) is 45.1 Å². The van der Waals surface area contributed by atoms with Gasteiger partial charge in [0.1, 0.15) is 4.90 Å². The summed E-state index contributed by atoms with van der Waals surface area (Å²) in [6, 6.07) is 2.75. The third kappa shape index (κ3) is 3.61. The van der Waals surface area contributed by atoms with Gasteiger partial charge in [0.05, 0.1) is 17.3 Å². The molecule has 0 amide bonds. The largest absolute Gasteiger partial charge is 0.398 e. The molecule has 0 aliphatic carbocycles. The zero-order valence-corrected chi connectivity index (χ0v) is 13.6. The van der Waals surface area contributed by atoms with Crippen LogP contribution in [0.25, 0.3) is 0 Å². The van der Waals surface area contributed by atoms with Gasteiger partial charge in [0.2, 0.25) is 10.0 Å². The van der Waals surface area contributed by atoms with E-state index in [1.54, 1.807) is 0 Å². The summed E-state index contributed by atoms with van der Waals surface area (Å²) in [5.41, 5.74) is 5.82. The molecular weight excluding hydrogens is 337 g/mol. The average Bonchev–Trinajstić information content (AvgIpc) is 2.38. The number of rotatable bonds is 4. The van der Waals surface area contributed by atoms with Gasteiger partial charge in [-0.05, 0) is 12.1 Å². The van der Waals surface area contributed by atoms with E-state index in [1.165, 1.54) is 16.4 Å². The van der Waals surface area contributed by atoms with Crippen LogP contribution in [0, 0.1) is 0 Å². The van der Waals surface area contributed by atoms with Crippen LogP contribution in [0.3, 0.4) is 0 Å². The van der Waals surface area contributed by atoms with Gasteiger partial charge in [-0.15, -0.1) is 0 Å². The molecule has 0 saturated carbocycles. The van der Waals surface area contributed by atoms with Gasteiger partial charge in [-0.2, -0.15) is 4.31 Å². The number of anilines is 1. The van der Waals surface area contributed by atoms with E-state index in [2.05, 4.69) is 0 Å². The van der Waals surface area contributed by atoms with Gasteiger partial charge in [-0.3, -0.25) is 4.90 Å². The summed E-state index contributed by atoms with van der Waals surface area (Å²) in [4.78, 5) is 1.91. The number of β-amino-alcohol motifs (C(OH)–C–C–N with tert-alkyl or cyclic N) is 1. The first-order chi connectivity index (χ1) is 9.86. The SMILES string of the molecule is Nc1cc(Cl)cc(Cl)c1S(=O)(=O)N1CCN(CCO)CC1. The van der Waals surface area contributed by atoms with Crippen LogP contribution < -0.4 is 5.73 Å². The fourth-order valence-corrected chi connectivity index (χ4v) is 4.68. The Balaban J connectivity index is 2.24. The van der Waals surface area contributed by atoms with E-state index in [0.29, 0.717) is 37.7 Å². The van der Waals surface area contributed by atoms with Crippen LogP contribution in [0.1, 0.15) is 0 Å². The zero-order chi connectivity index (χ0) is 15.6. The number of nitrogens with zero attached hydrogens (tertiary/aromatic N) is 2. The minimum atomic E-state index is -3.75. The maximum atomic E-state index is 12.7. The number of piperazine rings is 1. The Morgan fingerprint density at radius 3 is 2.33 bits per heavy atom. The summed E-state index contributed by atoms with van der Waals surface area (Å²) in [5.74, 6) is 0. The van der Waals surface area contributed by atoms with Crippen LogP contribution in [0.2, 0.25) is 10.0 Å². The number of benzene rings is 1. The average molecular weight is 354 g/mol. The molecule has 1 aliphatic heterocycles. The van der Waals surface area contributed by atoms with Crippen molar-refractivity contribution in [3.05, 3.63) is 22.2 Å². The van der Waals surface area contributed by atoms with Crippen LogP contribution in [-0.4, -0.2) is 62.1 Å². The Morgan fingerprint density at radius 1 is 1.19 bits per heavy atom. The number of aliphatic hydroxyl groups excluding tert-OH is 1. The number of hydrogen-bond acceptors (Lipinski definition) is 5. The number of nitrogens with two attached hydrogens (primary N) is 1. The molecule has 0 atom stereocenters. The molecule has 0 bridgehead atoms. The number of sulfonamides is 1. The van der Waals surface area contributed by atoms with E-state index < -0.39 is 10.0 Å². The lowest BCUT2D eigenvalue weighted by atomic mass is 10.3. The monoisotopic (exact) mass is 353 g/mol. The quantitative estimate of drug-likeness (QED) is 0.784. The Labute approximate surface area is 134 Å². The number of nitrogen functional groups attached to an aromatic ring is 1. The van der Waals surface area contributed by atoms with Crippen LogP contribution in [0.5, 0.6) is 0 Å². The molecule has 118 valence electrons. The first kappa shape index (κ1) is 16.8. The number of hydrogen-bond donors (Lipinski definition) is 2. The van der Waals surface area contributed by atoms with Gasteiger partial charge in [0.15, 0.2) is 0 Å². The van der Waals surface area contributed by atoms with Crippen molar-refractivity contribution in [1.82, 2.24) is 9.21 Å². The molecule has 0 aromatic heterocycles. The summed E-state index contributed by atoms with van der Waals surface area (Å²) >= 11 is 11.8. The van der Waals surface area contributed by atoms with Gasteiger partial charge >= 0.3 is 0 Å². The van der Waals surface area contributed by atoms with Crippen LogP contribution in [0.4, 0.5) is 5.69 Å². The molecule has 1 aromatic rings. The molecule has 9 heteroatoms. The first-order valence-electron chi connectivity index (χ1n) is 6.44. The second-order valence-electron chi connectivity index (χ2n) is 4.78. The molecule has 1 aliphatic rings.